The average Bonchev–Trinajstić information content (AvgIpc) is 2.53. The van der Waals surface area contributed by atoms with Gasteiger partial charge in [0.1, 0.15) is 17.5 Å². The minimum absolute atomic E-state index is 0.223. The number of amides is 3. The first kappa shape index (κ1) is 17.6. The third-order valence-corrected chi connectivity index (χ3v) is 3.10. The fourth-order valence-electron chi connectivity index (χ4n) is 1.95. The van der Waals surface area contributed by atoms with Gasteiger partial charge >= 0.3 is 6.03 Å². The number of methoxy groups -OCH3 is 2. The van der Waals surface area contributed by atoms with Gasteiger partial charge in [-0.3, -0.25) is 4.79 Å². The van der Waals surface area contributed by atoms with Crippen LogP contribution in [-0.4, -0.2) is 39.2 Å². The second-order valence-corrected chi connectivity index (χ2v) is 4.62. The highest BCUT2D eigenvalue weighted by Gasteiger charge is 2.19. The molecule has 0 radical (unpaired) electrons. The number of likely N-dealkylation sites (N-methyl/N-ethyl adjacent to an activating group) is 1. The average molecular weight is 309 g/mol. The lowest BCUT2D eigenvalue weighted by molar-refractivity contribution is -0.122. The molecule has 1 atom stereocenters. The van der Waals surface area contributed by atoms with Gasteiger partial charge in [0, 0.05) is 13.1 Å². The van der Waals surface area contributed by atoms with Crippen LogP contribution in [-0.2, 0) is 4.79 Å². The summed E-state index contributed by atoms with van der Waals surface area (Å²) in [5.41, 5.74) is 0.493. The zero-order valence-electron chi connectivity index (χ0n) is 13.4. The minimum Gasteiger partial charge on any atom is -0.497 e. The zero-order valence-corrected chi connectivity index (χ0v) is 13.4. The number of hydrogen-bond acceptors (Lipinski definition) is 4. The molecular weight excluding hydrogens is 286 g/mol. The number of carbonyl (C=O) groups excluding carboxylic acids is 2. The summed E-state index contributed by atoms with van der Waals surface area (Å²) in [5.74, 6) is 0.872. The molecule has 0 aliphatic rings. The number of ether oxygens (including phenoxy) is 2. The molecule has 0 heterocycles. The molecule has 0 bridgehead atoms. The third-order valence-electron chi connectivity index (χ3n) is 3.10. The number of benzene rings is 1. The maximum Gasteiger partial charge on any atom is 0.319 e. The van der Waals surface area contributed by atoms with Gasteiger partial charge in [-0.15, -0.1) is 0 Å². The van der Waals surface area contributed by atoms with E-state index in [0.29, 0.717) is 23.6 Å². The van der Waals surface area contributed by atoms with Crippen molar-refractivity contribution >= 4 is 17.6 Å². The predicted octanol–water partition coefficient (Wildman–Crippen LogP) is 1.74. The Kier molecular flexibility index (Phi) is 7.01. The Labute approximate surface area is 130 Å². The minimum atomic E-state index is -0.570. The molecule has 1 unspecified atom stereocenters. The predicted molar refractivity (Wildman–Crippen MR) is 84.5 cm³/mol. The van der Waals surface area contributed by atoms with E-state index in [1.54, 1.807) is 25.3 Å². The van der Waals surface area contributed by atoms with Crippen LogP contribution in [0.2, 0.25) is 0 Å². The van der Waals surface area contributed by atoms with Gasteiger partial charge < -0.3 is 25.4 Å². The van der Waals surface area contributed by atoms with Crippen molar-refractivity contribution in [2.45, 2.75) is 25.8 Å². The first-order valence-corrected chi connectivity index (χ1v) is 7.06. The lowest BCUT2D eigenvalue weighted by atomic mass is 10.1. The standard InChI is InChI=1S/C15H23N3O4/c1-5-6-12(14(19)16-2)18-15(20)17-11-8-7-10(21-3)9-13(11)22-4/h7-9,12H,5-6H2,1-4H3,(H,16,19)(H2,17,18,20). The van der Waals surface area contributed by atoms with Crippen molar-refractivity contribution in [3.63, 3.8) is 0 Å². The van der Waals surface area contributed by atoms with Crippen molar-refractivity contribution in [3.8, 4) is 11.5 Å². The summed E-state index contributed by atoms with van der Waals surface area (Å²) in [6.07, 6.45) is 1.34. The molecule has 3 N–H and O–H groups in total. The third kappa shape index (κ3) is 4.83. The van der Waals surface area contributed by atoms with Crippen LogP contribution in [0.1, 0.15) is 19.8 Å². The van der Waals surface area contributed by atoms with Gasteiger partial charge in [0.15, 0.2) is 0 Å². The number of rotatable bonds is 7. The van der Waals surface area contributed by atoms with Crippen LogP contribution < -0.4 is 25.4 Å². The monoisotopic (exact) mass is 309 g/mol. The summed E-state index contributed by atoms with van der Waals surface area (Å²) >= 11 is 0. The van der Waals surface area contributed by atoms with Crippen LogP contribution >= 0.6 is 0 Å². The molecular formula is C15H23N3O4. The molecule has 0 saturated heterocycles. The molecule has 0 aliphatic heterocycles. The zero-order chi connectivity index (χ0) is 16.5. The van der Waals surface area contributed by atoms with Gasteiger partial charge in [0.25, 0.3) is 0 Å². The Morgan fingerprint density at radius 3 is 2.50 bits per heavy atom. The van der Waals surface area contributed by atoms with Gasteiger partial charge in [0.05, 0.1) is 19.9 Å². The lowest BCUT2D eigenvalue weighted by Gasteiger charge is -2.18. The van der Waals surface area contributed by atoms with Crippen LogP contribution in [0.15, 0.2) is 18.2 Å². The fraction of sp³-hybridized carbons (Fsp3) is 0.467. The summed E-state index contributed by atoms with van der Waals surface area (Å²) in [6, 6.07) is 4.01. The van der Waals surface area contributed by atoms with Crippen molar-refractivity contribution in [1.29, 1.82) is 0 Å². The molecule has 0 fully saturated rings. The van der Waals surface area contributed by atoms with E-state index in [1.807, 2.05) is 6.92 Å². The van der Waals surface area contributed by atoms with Gasteiger partial charge in [-0.1, -0.05) is 13.3 Å². The van der Waals surface area contributed by atoms with Crippen LogP contribution in [0, 0.1) is 0 Å². The SMILES string of the molecule is CCCC(NC(=O)Nc1ccc(OC)cc1OC)C(=O)NC. The number of urea groups is 1. The van der Waals surface area contributed by atoms with E-state index in [4.69, 9.17) is 9.47 Å². The largest absolute Gasteiger partial charge is 0.497 e. The molecule has 1 aromatic rings. The molecule has 22 heavy (non-hydrogen) atoms. The van der Waals surface area contributed by atoms with Crippen LogP contribution in [0.25, 0.3) is 0 Å². The molecule has 0 aliphatic carbocycles. The van der Waals surface area contributed by atoms with Gasteiger partial charge in [-0.05, 0) is 18.6 Å². The molecule has 1 aromatic carbocycles. The molecule has 7 heteroatoms. The molecule has 1 rings (SSSR count). The Morgan fingerprint density at radius 1 is 1.23 bits per heavy atom. The summed E-state index contributed by atoms with van der Waals surface area (Å²) in [6.45, 7) is 1.95. The maximum absolute atomic E-state index is 12.1. The van der Waals surface area contributed by atoms with Gasteiger partial charge in [-0.25, -0.2) is 4.79 Å². The van der Waals surface area contributed by atoms with Crippen molar-refractivity contribution < 1.29 is 19.1 Å². The second kappa shape index (κ2) is 8.76. The highest BCUT2D eigenvalue weighted by atomic mass is 16.5. The number of anilines is 1. The van der Waals surface area contributed by atoms with E-state index < -0.39 is 12.1 Å². The smallest absolute Gasteiger partial charge is 0.319 e. The highest BCUT2D eigenvalue weighted by Crippen LogP contribution is 2.28. The first-order valence-electron chi connectivity index (χ1n) is 7.06. The van der Waals surface area contributed by atoms with E-state index in [2.05, 4.69) is 16.0 Å². The van der Waals surface area contributed by atoms with Crippen LogP contribution in [0.5, 0.6) is 11.5 Å². The lowest BCUT2D eigenvalue weighted by Crippen LogP contribution is -2.47. The van der Waals surface area contributed by atoms with Gasteiger partial charge in [0.2, 0.25) is 5.91 Å². The Bertz CT molecular complexity index is 520. The number of carbonyl (C=O) groups is 2. The Balaban J connectivity index is 2.77. The van der Waals surface area contributed by atoms with E-state index in [1.165, 1.54) is 14.2 Å². The normalized spacial score (nSPS) is 11.3. The molecule has 0 spiro atoms. The first-order chi connectivity index (χ1) is 10.5. The number of hydrogen-bond donors (Lipinski definition) is 3. The Hall–Kier alpha value is -2.44. The van der Waals surface area contributed by atoms with Crippen molar-refractivity contribution in [2.24, 2.45) is 0 Å². The van der Waals surface area contributed by atoms with Gasteiger partial charge in [-0.2, -0.15) is 0 Å². The fourth-order valence-corrected chi connectivity index (χ4v) is 1.95. The van der Waals surface area contributed by atoms with E-state index in [0.717, 1.165) is 6.42 Å². The van der Waals surface area contributed by atoms with Crippen molar-refractivity contribution in [1.82, 2.24) is 10.6 Å². The molecule has 7 nitrogen and oxygen atoms in total. The van der Waals surface area contributed by atoms with Crippen LogP contribution in [0.3, 0.4) is 0 Å². The molecule has 0 aromatic heterocycles. The van der Waals surface area contributed by atoms with Crippen molar-refractivity contribution in [2.75, 3.05) is 26.6 Å². The highest BCUT2D eigenvalue weighted by molar-refractivity contribution is 5.94. The topological polar surface area (TPSA) is 88.7 Å². The summed E-state index contributed by atoms with van der Waals surface area (Å²) in [5, 5.41) is 7.85. The summed E-state index contributed by atoms with van der Waals surface area (Å²) in [4.78, 5) is 23.8. The molecule has 3 amide bonds. The summed E-state index contributed by atoms with van der Waals surface area (Å²) in [7, 11) is 4.59. The van der Waals surface area contributed by atoms with E-state index in [-0.39, 0.29) is 5.91 Å². The molecule has 122 valence electrons. The Morgan fingerprint density at radius 2 is 1.95 bits per heavy atom. The van der Waals surface area contributed by atoms with Crippen LogP contribution in [0.4, 0.5) is 10.5 Å². The maximum atomic E-state index is 12.1. The quantitative estimate of drug-likeness (QED) is 0.716. The number of nitrogens with one attached hydrogen (secondary N) is 3. The second-order valence-electron chi connectivity index (χ2n) is 4.62. The van der Waals surface area contributed by atoms with E-state index in [9.17, 15) is 9.59 Å². The van der Waals surface area contributed by atoms with Crippen molar-refractivity contribution in [3.05, 3.63) is 18.2 Å². The molecule has 0 saturated carbocycles. The van der Waals surface area contributed by atoms with E-state index >= 15 is 0 Å². The summed E-state index contributed by atoms with van der Waals surface area (Å²) < 4.78 is 10.3.